The van der Waals surface area contributed by atoms with E-state index < -0.39 is 0 Å². The summed E-state index contributed by atoms with van der Waals surface area (Å²) in [5.74, 6) is 0. The SMILES string of the molecule is c1ccc(-c2ccc(Nc3ccc(-c4ccccc4)cc3)cc2)cc1.c1ccc(CN(c2ccc(-c3ccccc3)cc2)c2ccc(-c3ccccc3)cc2)cc1. The Hall–Kier alpha value is -7.42. The van der Waals surface area contributed by atoms with Gasteiger partial charge in [-0.25, -0.2) is 0 Å². The minimum Gasteiger partial charge on any atom is -0.356 e. The average Bonchev–Trinajstić information content (AvgIpc) is 3.31. The summed E-state index contributed by atoms with van der Waals surface area (Å²) in [5.41, 5.74) is 15.7. The maximum atomic E-state index is 3.46. The van der Waals surface area contributed by atoms with Crippen molar-refractivity contribution in [2.24, 2.45) is 0 Å². The van der Waals surface area contributed by atoms with E-state index in [9.17, 15) is 0 Å². The van der Waals surface area contributed by atoms with Gasteiger partial charge in [-0.05, 0) is 98.6 Å². The molecular formula is C55H44N2. The van der Waals surface area contributed by atoms with Crippen molar-refractivity contribution in [2.45, 2.75) is 6.54 Å². The summed E-state index contributed by atoms with van der Waals surface area (Å²) < 4.78 is 0. The molecule has 0 aromatic heterocycles. The van der Waals surface area contributed by atoms with Gasteiger partial charge < -0.3 is 10.2 Å². The maximum Gasteiger partial charge on any atom is 0.0481 e. The minimum atomic E-state index is 0.816. The summed E-state index contributed by atoms with van der Waals surface area (Å²) >= 11 is 0. The van der Waals surface area contributed by atoms with E-state index in [0.29, 0.717) is 0 Å². The third-order valence-corrected chi connectivity index (χ3v) is 10.0. The number of benzene rings is 9. The van der Waals surface area contributed by atoms with Crippen LogP contribution in [0.25, 0.3) is 44.5 Å². The van der Waals surface area contributed by atoms with Crippen molar-refractivity contribution in [2.75, 3.05) is 10.2 Å². The molecular weight excluding hydrogens is 689 g/mol. The fourth-order valence-corrected chi connectivity index (χ4v) is 6.95. The summed E-state index contributed by atoms with van der Waals surface area (Å²) in [7, 11) is 0. The van der Waals surface area contributed by atoms with Crippen molar-refractivity contribution < 1.29 is 0 Å². The fraction of sp³-hybridized carbons (Fsp3) is 0.0182. The van der Waals surface area contributed by atoms with E-state index in [-0.39, 0.29) is 0 Å². The number of hydrogen-bond donors (Lipinski definition) is 1. The van der Waals surface area contributed by atoms with Gasteiger partial charge in [0, 0.05) is 29.3 Å². The highest BCUT2D eigenvalue weighted by molar-refractivity contribution is 5.73. The fourth-order valence-electron chi connectivity index (χ4n) is 6.95. The van der Waals surface area contributed by atoms with E-state index in [0.717, 1.165) is 17.9 Å². The third kappa shape index (κ3) is 9.64. The van der Waals surface area contributed by atoms with Crippen LogP contribution in [-0.2, 0) is 6.54 Å². The van der Waals surface area contributed by atoms with Crippen LogP contribution in [0.15, 0.2) is 249 Å². The first-order chi connectivity index (χ1) is 28.2. The van der Waals surface area contributed by atoms with E-state index in [1.165, 1.54) is 61.4 Å². The molecule has 0 unspecified atom stereocenters. The maximum absolute atomic E-state index is 3.46. The molecule has 0 saturated carbocycles. The molecule has 0 radical (unpaired) electrons. The summed E-state index contributed by atoms with van der Waals surface area (Å²) in [6, 6.07) is 87.3. The van der Waals surface area contributed by atoms with Crippen molar-refractivity contribution in [1.29, 1.82) is 0 Å². The van der Waals surface area contributed by atoms with Crippen molar-refractivity contribution in [1.82, 2.24) is 0 Å². The molecule has 9 aromatic rings. The molecule has 274 valence electrons. The van der Waals surface area contributed by atoms with Crippen molar-refractivity contribution in [3.8, 4) is 44.5 Å². The van der Waals surface area contributed by atoms with Crippen LogP contribution in [0.4, 0.5) is 22.7 Å². The predicted molar refractivity (Wildman–Crippen MR) is 243 cm³/mol. The zero-order valence-corrected chi connectivity index (χ0v) is 31.8. The number of nitrogens with zero attached hydrogens (tertiary/aromatic N) is 1. The highest BCUT2D eigenvalue weighted by Gasteiger charge is 2.12. The Bertz CT molecular complexity index is 2370. The molecule has 0 aliphatic rings. The monoisotopic (exact) mass is 732 g/mol. The van der Waals surface area contributed by atoms with Gasteiger partial charge in [0.25, 0.3) is 0 Å². The van der Waals surface area contributed by atoms with Crippen LogP contribution in [0.3, 0.4) is 0 Å². The minimum absolute atomic E-state index is 0.816. The van der Waals surface area contributed by atoms with Crippen LogP contribution in [0, 0.1) is 0 Å². The van der Waals surface area contributed by atoms with Gasteiger partial charge in [-0.3, -0.25) is 0 Å². The molecule has 1 N–H and O–H groups in total. The lowest BCUT2D eigenvalue weighted by Gasteiger charge is -2.26. The zero-order chi connectivity index (χ0) is 38.5. The smallest absolute Gasteiger partial charge is 0.0481 e. The van der Waals surface area contributed by atoms with Gasteiger partial charge in [0.2, 0.25) is 0 Å². The van der Waals surface area contributed by atoms with E-state index in [1.807, 2.05) is 12.1 Å². The summed E-state index contributed by atoms with van der Waals surface area (Å²) in [6.07, 6.45) is 0. The quantitative estimate of drug-likeness (QED) is 0.151. The second-order valence-electron chi connectivity index (χ2n) is 13.9. The Labute approximate surface area is 337 Å². The van der Waals surface area contributed by atoms with Gasteiger partial charge in [-0.15, -0.1) is 0 Å². The van der Waals surface area contributed by atoms with Gasteiger partial charge in [0.15, 0.2) is 0 Å². The number of anilines is 4. The molecule has 2 heteroatoms. The molecule has 0 atom stereocenters. The molecule has 0 aliphatic carbocycles. The van der Waals surface area contributed by atoms with E-state index >= 15 is 0 Å². The molecule has 0 bridgehead atoms. The van der Waals surface area contributed by atoms with E-state index in [2.05, 4.69) is 247 Å². The Morgan fingerprint density at radius 2 is 0.491 bits per heavy atom. The molecule has 0 fully saturated rings. The molecule has 57 heavy (non-hydrogen) atoms. The van der Waals surface area contributed by atoms with Gasteiger partial charge in [0.05, 0.1) is 0 Å². The predicted octanol–water partition coefficient (Wildman–Crippen LogP) is 15.1. The second kappa shape index (κ2) is 18.3. The van der Waals surface area contributed by atoms with Gasteiger partial charge in [-0.2, -0.15) is 0 Å². The van der Waals surface area contributed by atoms with Gasteiger partial charge >= 0.3 is 0 Å². The number of rotatable bonds is 10. The first-order valence-corrected chi connectivity index (χ1v) is 19.5. The lowest BCUT2D eigenvalue weighted by molar-refractivity contribution is 0.976. The standard InChI is InChI=1S/C31H25N.C24H19N/c1-4-10-25(11-5-1)24-32(30-20-16-28(17-21-30)26-12-6-2-7-13-26)31-22-18-29(19-23-31)27-14-8-3-9-15-27;1-3-7-19(8-4-1)21-11-15-23(16-12-21)25-24-17-13-22(14-18-24)20-9-5-2-6-10-20/h1-23H,24H2;1-18,25H. The Balaban J connectivity index is 0.000000165. The second-order valence-corrected chi connectivity index (χ2v) is 13.9. The molecule has 9 rings (SSSR count). The van der Waals surface area contributed by atoms with E-state index in [1.54, 1.807) is 0 Å². The molecule has 0 spiro atoms. The first-order valence-electron chi connectivity index (χ1n) is 19.5. The highest BCUT2D eigenvalue weighted by atomic mass is 15.1. The topological polar surface area (TPSA) is 15.3 Å². The number of nitrogens with one attached hydrogen (secondary N) is 1. The van der Waals surface area contributed by atoms with Gasteiger partial charge in [-0.1, -0.05) is 200 Å². The van der Waals surface area contributed by atoms with Crippen LogP contribution >= 0.6 is 0 Å². The lowest BCUT2D eigenvalue weighted by Crippen LogP contribution is -2.16. The Morgan fingerprint density at radius 1 is 0.246 bits per heavy atom. The van der Waals surface area contributed by atoms with Crippen LogP contribution in [0.2, 0.25) is 0 Å². The molecule has 2 nitrogen and oxygen atoms in total. The van der Waals surface area contributed by atoms with E-state index in [4.69, 9.17) is 0 Å². The van der Waals surface area contributed by atoms with Crippen LogP contribution in [0.1, 0.15) is 5.56 Å². The average molecular weight is 733 g/mol. The summed E-state index contributed by atoms with van der Waals surface area (Å²) in [4.78, 5) is 2.37. The third-order valence-electron chi connectivity index (χ3n) is 10.0. The van der Waals surface area contributed by atoms with Crippen LogP contribution < -0.4 is 10.2 Å². The Kier molecular flexibility index (Phi) is 11.7. The van der Waals surface area contributed by atoms with Crippen molar-refractivity contribution in [3.63, 3.8) is 0 Å². The van der Waals surface area contributed by atoms with Crippen molar-refractivity contribution in [3.05, 3.63) is 254 Å². The first kappa shape index (κ1) is 36.6. The van der Waals surface area contributed by atoms with Crippen molar-refractivity contribution >= 4 is 22.7 Å². The molecule has 0 heterocycles. The largest absolute Gasteiger partial charge is 0.356 e. The molecule has 0 aliphatic heterocycles. The highest BCUT2D eigenvalue weighted by Crippen LogP contribution is 2.32. The Morgan fingerprint density at radius 3 is 0.789 bits per heavy atom. The van der Waals surface area contributed by atoms with Crippen LogP contribution in [0.5, 0.6) is 0 Å². The molecule has 9 aromatic carbocycles. The summed E-state index contributed by atoms with van der Waals surface area (Å²) in [6.45, 7) is 0.816. The number of hydrogen-bond acceptors (Lipinski definition) is 2. The molecule has 0 amide bonds. The lowest BCUT2D eigenvalue weighted by atomic mass is 10.0. The molecule has 0 saturated heterocycles. The summed E-state index contributed by atoms with van der Waals surface area (Å²) in [5, 5.41) is 3.46. The van der Waals surface area contributed by atoms with Crippen LogP contribution in [-0.4, -0.2) is 0 Å². The zero-order valence-electron chi connectivity index (χ0n) is 31.8. The normalized spacial score (nSPS) is 10.5. The van der Waals surface area contributed by atoms with Gasteiger partial charge in [0.1, 0.15) is 0 Å².